The summed E-state index contributed by atoms with van der Waals surface area (Å²) in [6.45, 7) is 7.25. The van der Waals surface area contributed by atoms with E-state index in [9.17, 15) is 4.79 Å². The maximum atomic E-state index is 12.9. The summed E-state index contributed by atoms with van der Waals surface area (Å²) in [6.07, 6.45) is 7.73. The van der Waals surface area contributed by atoms with Crippen molar-refractivity contribution in [1.82, 2.24) is 19.7 Å². The molecule has 9 nitrogen and oxygen atoms in total. The molecule has 1 spiro atoms. The van der Waals surface area contributed by atoms with Gasteiger partial charge in [-0.3, -0.25) is 15.4 Å². The maximum absolute atomic E-state index is 12.9. The lowest BCUT2D eigenvalue weighted by molar-refractivity contribution is -0.0138. The molecular weight excluding hydrogens is 416 g/mol. The second-order valence-electron chi connectivity index (χ2n) is 8.14. The fourth-order valence-corrected chi connectivity index (χ4v) is 5.14. The van der Waals surface area contributed by atoms with E-state index in [0.29, 0.717) is 26.7 Å². The molecular formula is C21H28N6O3S. The Kier molecular flexibility index (Phi) is 6.10. The zero-order valence-corrected chi connectivity index (χ0v) is 18.8. The van der Waals surface area contributed by atoms with E-state index in [1.165, 1.54) is 18.4 Å². The SMILES string of the molecule is C=C(c1cnn(C)c1)c1sc(NC(=O)N2CCC3(CCOCC3)CC2)nc1C(=N)OC. The molecule has 31 heavy (non-hydrogen) atoms. The highest BCUT2D eigenvalue weighted by Gasteiger charge is 2.37. The molecule has 10 heteroatoms. The Morgan fingerprint density at radius 2 is 2.03 bits per heavy atom. The van der Waals surface area contributed by atoms with Crippen molar-refractivity contribution in [2.24, 2.45) is 12.5 Å². The molecule has 0 unspecified atom stereocenters. The largest absolute Gasteiger partial charge is 0.480 e. The minimum atomic E-state index is -0.162. The molecule has 0 aromatic carbocycles. The number of methoxy groups -OCH3 is 1. The standard InChI is InChI=1S/C21H28N6O3S/c1-14(15-12-23-26(2)13-15)17-16(18(22)29-3)24-19(31-17)25-20(28)27-8-4-21(5-9-27)6-10-30-11-7-21/h12-13,22H,1,4-11H2,2-3H3,(H,24,25,28). The summed E-state index contributed by atoms with van der Waals surface area (Å²) in [5.74, 6) is -0.0729. The molecule has 0 bridgehead atoms. The van der Waals surface area contributed by atoms with Crippen LogP contribution in [0.5, 0.6) is 0 Å². The molecule has 2 aromatic rings. The van der Waals surface area contributed by atoms with Crippen LogP contribution in [0.15, 0.2) is 19.0 Å². The van der Waals surface area contributed by atoms with Gasteiger partial charge in [-0.1, -0.05) is 17.9 Å². The summed E-state index contributed by atoms with van der Waals surface area (Å²) < 4.78 is 12.3. The van der Waals surface area contributed by atoms with E-state index in [1.807, 2.05) is 18.1 Å². The molecule has 2 aliphatic heterocycles. The molecule has 2 aliphatic rings. The first-order valence-electron chi connectivity index (χ1n) is 10.4. The van der Waals surface area contributed by atoms with Crippen LogP contribution in [0.4, 0.5) is 9.93 Å². The van der Waals surface area contributed by atoms with Crippen molar-refractivity contribution < 1.29 is 14.3 Å². The van der Waals surface area contributed by atoms with Crippen LogP contribution in [0.2, 0.25) is 0 Å². The van der Waals surface area contributed by atoms with E-state index < -0.39 is 0 Å². The molecule has 4 heterocycles. The number of aromatic nitrogens is 3. The van der Waals surface area contributed by atoms with Crippen molar-refractivity contribution in [3.05, 3.63) is 35.1 Å². The number of piperidine rings is 1. The van der Waals surface area contributed by atoms with Crippen molar-refractivity contribution in [2.75, 3.05) is 38.7 Å². The molecule has 2 amide bonds. The van der Waals surface area contributed by atoms with Crippen LogP contribution < -0.4 is 5.32 Å². The van der Waals surface area contributed by atoms with Crippen LogP contribution in [-0.2, 0) is 16.5 Å². The number of hydrogen-bond donors (Lipinski definition) is 2. The van der Waals surface area contributed by atoms with Crippen molar-refractivity contribution in [3.8, 4) is 0 Å². The number of carbonyl (C=O) groups is 1. The van der Waals surface area contributed by atoms with E-state index in [1.54, 1.807) is 10.9 Å². The molecule has 2 saturated heterocycles. The third-order valence-corrected chi connectivity index (χ3v) is 7.28. The van der Waals surface area contributed by atoms with E-state index in [2.05, 4.69) is 22.0 Å². The van der Waals surface area contributed by atoms with Crippen LogP contribution >= 0.6 is 11.3 Å². The number of anilines is 1. The molecule has 2 N–H and O–H groups in total. The Morgan fingerprint density at radius 1 is 1.32 bits per heavy atom. The Balaban J connectivity index is 1.47. The topological polar surface area (TPSA) is 105 Å². The summed E-state index contributed by atoms with van der Waals surface area (Å²) in [6, 6.07) is -0.162. The first-order chi connectivity index (χ1) is 14.9. The van der Waals surface area contributed by atoms with Crippen LogP contribution in [0, 0.1) is 10.8 Å². The fraction of sp³-hybridized carbons (Fsp3) is 0.524. The summed E-state index contributed by atoms with van der Waals surface area (Å²) >= 11 is 1.29. The van der Waals surface area contributed by atoms with E-state index in [4.69, 9.17) is 14.9 Å². The van der Waals surface area contributed by atoms with Gasteiger partial charge in [-0.2, -0.15) is 5.10 Å². The molecule has 0 saturated carbocycles. The molecule has 4 rings (SSSR count). The number of urea groups is 1. The Morgan fingerprint density at radius 3 is 2.65 bits per heavy atom. The van der Waals surface area contributed by atoms with Crippen LogP contribution in [0.3, 0.4) is 0 Å². The first-order valence-corrected chi connectivity index (χ1v) is 11.2. The Bertz CT molecular complexity index is 981. The van der Waals surface area contributed by atoms with Gasteiger partial charge < -0.3 is 14.4 Å². The molecule has 2 aromatic heterocycles. The number of aryl methyl sites for hydroxylation is 1. The van der Waals surface area contributed by atoms with Crippen molar-refractivity contribution in [1.29, 1.82) is 5.41 Å². The first kappa shape index (κ1) is 21.5. The lowest BCUT2D eigenvalue weighted by atomic mass is 9.72. The van der Waals surface area contributed by atoms with E-state index in [-0.39, 0.29) is 11.9 Å². The third kappa shape index (κ3) is 4.49. The van der Waals surface area contributed by atoms with Gasteiger partial charge in [0.15, 0.2) is 5.13 Å². The zero-order chi connectivity index (χ0) is 22.0. The second-order valence-corrected chi connectivity index (χ2v) is 9.14. The number of likely N-dealkylation sites (tertiary alicyclic amines) is 1. The van der Waals surface area contributed by atoms with Gasteiger partial charge in [0.1, 0.15) is 5.69 Å². The summed E-state index contributed by atoms with van der Waals surface area (Å²) in [5.41, 5.74) is 2.19. The molecule has 166 valence electrons. The average molecular weight is 445 g/mol. The number of nitrogens with one attached hydrogen (secondary N) is 2. The summed E-state index contributed by atoms with van der Waals surface area (Å²) in [4.78, 5) is 19.9. The monoisotopic (exact) mass is 444 g/mol. The van der Waals surface area contributed by atoms with Gasteiger partial charge in [0, 0.05) is 45.1 Å². The van der Waals surface area contributed by atoms with Gasteiger partial charge in [0.25, 0.3) is 0 Å². The van der Waals surface area contributed by atoms with Gasteiger partial charge in [-0.25, -0.2) is 9.78 Å². The molecule has 2 fully saturated rings. The Labute approximate surface area is 185 Å². The van der Waals surface area contributed by atoms with Crippen molar-refractivity contribution >= 4 is 34.0 Å². The zero-order valence-electron chi connectivity index (χ0n) is 17.9. The van der Waals surface area contributed by atoms with E-state index >= 15 is 0 Å². The molecule has 0 aliphatic carbocycles. The number of nitrogens with zero attached hydrogens (tertiary/aromatic N) is 4. The van der Waals surface area contributed by atoms with E-state index in [0.717, 1.165) is 57.6 Å². The smallest absolute Gasteiger partial charge is 0.323 e. The predicted molar refractivity (Wildman–Crippen MR) is 120 cm³/mol. The highest BCUT2D eigenvalue weighted by molar-refractivity contribution is 7.17. The highest BCUT2D eigenvalue weighted by atomic mass is 32.1. The predicted octanol–water partition coefficient (Wildman–Crippen LogP) is 3.33. The van der Waals surface area contributed by atoms with Gasteiger partial charge in [0.05, 0.1) is 18.2 Å². The van der Waals surface area contributed by atoms with Crippen LogP contribution in [0.1, 0.15) is 41.8 Å². The second kappa shape index (κ2) is 8.80. The van der Waals surface area contributed by atoms with Crippen LogP contribution in [-0.4, -0.2) is 65.0 Å². The quantitative estimate of drug-likeness (QED) is 0.556. The lowest BCUT2D eigenvalue weighted by Crippen LogP contribution is -2.46. The minimum Gasteiger partial charge on any atom is -0.480 e. The molecule has 0 radical (unpaired) electrons. The third-order valence-electron chi connectivity index (χ3n) is 6.25. The summed E-state index contributed by atoms with van der Waals surface area (Å²) in [7, 11) is 3.26. The normalized spacial score (nSPS) is 18.1. The number of carbonyl (C=O) groups excluding carboxylic acids is 1. The number of rotatable bonds is 4. The van der Waals surface area contributed by atoms with Crippen molar-refractivity contribution in [2.45, 2.75) is 25.7 Å². The average Bonchev–Trinajstić information content (AvgIpc) is 3.40. The number of ether oxygens (including phenoxy) is 2. The highest BCUT2D eigenvalue weighted by Crippen LogP contribution is 2.41. The lowest BCUT2D eigenvalue weighted by Gasteiger charge is -2.43. The molecule has 0 atom stereocenters. The van der Waals surface area contributed by atoms with Crippen LogP contribution in [0.25, 0.3) is 5.57 Å². The van der Waals surface area contributed by atoms with Gasteiger partial charge in [-0.05, 0) is 36.7 Å². The maximum Gasteiger partial charge on any atom is 0.323 e. The number of amides is 2. The fourth-order valence-electron chi connectivity index (χ4n) is 4.20. The summed E-state index contributed by atoms with van der Waals surface area (Å²) in [5, 5.41) is 15.6. The van der Waals surface area contributed by atoms with Gasteiger partial charge in [0.2, 0.25) is 5.90 Å². The van der Waals surface area contributed by atoms with Crippen molar-refractivity contribution in [3.63, 3.8) is 0 Å². The number of thiazole rings is 1. The van der Waals surface area contributed by atoms with Gasteiger partial charge in [-0.15, -0.1) is 0 Å². The minimum absolute atomic E-state index is 0.0729. The van der Waals surface area contributed by atoms with Gasteiger partial charge >= 0.3 is 6.03 Å². The number of hydrogen-bond acceptors (Lipinski definition) is 7. The Hall–Kier alpha value is -2.72.